The fourth-order valence-corrected chi connectivity index (χ4v) is 2.32. The van der Waals surface area contributed by atoms with E-state index in [0.717, 1.165) is 0 Å². The predicted molar refractivity (Wildman–Crippen MR) is 102 cm³/mol. The zero-order valence-corrected chi connectivity index (χ0v) is 15.7. The van der Waals surface area contributed by atoms with E-state index in [1.54, 1.807) is 69.7 Å². The number of carbonyl (C=O) groups is 2. The zero-order valence-electron chi connectivity index (χ0n) is 15.7. The summed E-state index contributed by atoms with van der Waals surface area (Å²) in [5, 5.41) is 5.48. The van der Waals surface area contributed by atoms with E-state index in [-0.39, 0.29) is 11.8 Å². The zero-order chi connectivity index (χ0) is 19.6. The van der Waals surface area contributed by atoms with Gasteiger partial charge in [-0.2, -0.15) is 0 Å². The van der Waals surface area contributed by atoms with E-state index in [1.165, 1.54) is 0 Å². The summed E-state index contributed by atoms with van der Waals surface area (Å²) in [6.45, 7) is 2.43. The standard InChI is InChI=1S/C20H24N2O5/c1-14(27-16-8-6-7-15(13-16)26-3)19(23)22-18-10-5-4-9-17(18)20(24)21-11-12-25-2/h4-10,13-14H,11-12H2,1-3H3,(H,21,24)(H,22,23)/t14-/m0/s1. The summed E-state index contributed by atoms with van der Waals surface area (Å²) >= 11 is 0. The maximum Gasteiger partial charge on any atom is 0.265 e. The van der Waals surface area contributed by atoms with Crippen molar-refractivity contribution in [1.82, 2.24) is 5.32 Å². The quantitative estimate of drug-likeness (QED) is 0.661. The summed E-state index contributed by atoms with van der Waals surface area (Å²) in [4.78, 5) is 24.8. The summed E-state index contributed by atoms with van der Waals surface area (Å²) in [5.41, 5.74) is 0.786. The molecule has 2 amide bonds. The van der Waals surface area contributed by atoms with Crippen LogP contribution in [0.15, 0.2) is 48.5 Å². The largest absolute Gasteiger partial charge is 0.497 e. The first kappa shape index (κ1) is 20.3. The first-order valence-electron chi connectivity index (χ1n) is 8.53. The Bertz CT molecular complexity index is 778. The summed E-state index contributed by atoms with van der Waals surface area (Å²) in [5.74, 6) is 0.500. The second-order valence-corrected chi connectivity index (χ2v) is 5.72. The molecule has 7 nitrogen and oxygen atoms in total. The van der Waals surface area contributed by atoms with Crippen LogP contribution in [0.2, 0.25) is 0 Å². The van der Waals surface area contributed by atoms with Gasteiger partial charge in [-0.05, 0) is 31.2 Å². The molecule has 0 fully saturated rings. The topological polar surface area (TPSA) is 85.9 Å². The van der Waals surface area contributed by atoms with Crippen molar-refractivity contribution in [3.63, 3.8) is 0 Å². The number of carbonyl (C=O) groups excluding carboxylic acids is 2. The minimum atomic E-state index is -0.762. The van der Waals surface area contributed by atoms with Crippen molar-refractivity contribution in [1.29, 1.82) is 0 Å². The Kier molecular flexibility index (Phi) is 7.63. The number of rotatable bonds is 9. The van der Waals surface area contributed by atoms with Gasteiger partial charge in [0.05, 0.1) is 25.0 Å². The Labute approximate surface area is 158 Å². The number of hydrogen-bond donors (Lipinski definition) is 2. The molecule has 0 radical (unpaired) electrons. The monoisotopic (exact) mass is 372 g/mol. The van der Waals surface area contributed by atoms with E-state index in [4.69, 9.17) is 14.2 Å². The highest BCUT2D eigenvalue weighted by atomic mass is 16.5. The molecule has 27 heavy (non-hydrogen) atoms. The summed E-state index contributed by atoms with van der Waals surface area (Å²) < 4.78 is 15.7. The SMILES string of the molecule is COCCNC(=O)c1ccccc1NC(=O)[C@H](C)Oc1cccc(OC)c1. The second-order valence-electron chi connectivity index (χ2n) is 5.72. The molecule has 0 bridgehead atoms. The van der Waals surface area contributed by atoms with E-state index in [2.05, 4.69) is 10.6 Å². The van der Waals surface area contributed by atoms with Crippen molar-refractivity contribution >= 4 is 17.5 Å². The molecule has 1 atom stereocenters. The maximum atomic E-state index is 12.5. The van der Waals surface area contributed by atoms with Gasteiger partial charge >= 0.3 is 0 Å². The Morgan fingerprint density at radius 2 is 1.78 bits per heavy atom. The van der Waals surface area contributed by atoms with Crippen LogP contribution in [-0.4, -0.2) is 45.3 Å². The van der Waals surface area contributed by atoms with Crippen LogP contribution in [0.1, 0.15) is 17.3 Å². The smallest absolute Gasteiger partial charge is 0.265 e. The predicted octanol–water partition coefficient (Wildman–Crippen LogP) is 2.48. The van der Waals surface area contributed by atoms with Gasteiger partial charge in [0.1, 0.15) is 11.5 Å². The normalized spacial score (nSPS) is 11.4. The van der Waals surface area contributed by atoms with Crippen molar-refractivity contribution < 1.29 is 23.8 Å². The van der Waals surface area contributed by atoms with Crippen LogP contribution in [0.4, 0.5) is 5.69 Å². The summed E-state index contributed by atoms with van der Waals surface area (Å²) in [6.07, 6.45) is -0.762. The van der Waals surface area contributed by atoms with Crippen molar-refractivity contribution in [3.05, 3.63) is 54.1 Å². The molecule has 0 aromatic heterocycles. The Morgan fingerprint density at radius 3 is 2.52 bits per heavy atom. The fraction of sp³-hybridized carbons (Fsp3) is 0.300. The second kappa shape index (κ2) is 10.2. The highest BCUT2D eigenvalue weighted by Crippen LogP contribution is 2.21. The molecule has 144 valence electrons. The molecule has 0 unspecified atom stereocenters. The lowest BCUT2D eigenvalue weighted by atomic mass is 10.1. The number of amides is 2. The lowest BCUT2D eigenvalue weighted by Gasteiger charge is -2.17. The molecule has 0 saturated heterocycles. The van der Waals surface area contributed by atoms with Gasteiger partial charge in [-0.15, -0.1) is 0 Å². The van der Waals surface area contributed by atoms with Gasteiger partial charge in [0, 0.05) is 19.7 Å². The van der Waals surface area contributed by atoms with Crippen LogP contribution >= 0.6 is 0 Å². The van der Waals surface area contributed by atoms with Crippen LogP contribution in [0.3, 0.4) is 0 Å². The average molecular weight is 372 g/mol. The third-order valence-electron chi connectivity index (χ3n) is 3.74. The lowest BCUT2D eigenvalue weighted by Crippen LogP contribution is -2.32. The minimum absolute atomic E-state index is 0.288. The van der Waals surface area contributed by atoms with Crippen molar-refractivity contribution in [2.45, 2.75) is 13.0 Å². The van der Waals surface area contributed by atoms with E-state index < -0.39 is 6.10 Å². The summed E-state index contributed by atoms with van der Waals surface area (Å²) in [6, 6.07) is 13.8. The third kappa shape index (κ3) is 6.00. The van der Waals surface area contributed by atoms with Gasteiger partial charge < -0.3 is 24.8 Å². The average Bonchev–Trinajstić information content (AvgIpc) is 2.68. The van der Waals surface area contributed by atoms with Crippen LogP contribution in [0, 0.1) is 0 Å². The van der Waals surface area contributed by atoms with Crippen LogP contribution < -0.4 is 20.1 Å². The maximum absolute atomic E-state index is 12.5. The molecular formula is C20H24N2O5. The van der Waals surface area contributed by atoms with Gasteiger partial charge in [-0.1, -0.05) is 18.2 Å². The molecule has 2 rings (SSSR count). The minimum Gasteiger partial charge on any atom is -0.497 e. The van der Waals surface area contributed by atoms with Gasteiger partial charge in [0.15, 0.2) is 6.10 Å². The Balaban J connectivity index is 2.03. The van der Waals surface area contributed by atoms with Gasteiger partial charge in [0.25, 0.3) is 11.8 Å². The summed E-state index contributed by atoms with van der Waals surface area (Å²) in [7, 11) is 3.12. The molecule has 2 N–H and O–H groups in total. The number of para-hydroxylation sites is 1. The van der Waals surface area contributed by atoms with Crippen LogP contribution in [0.25, 0.3) is 0 Å². The van der Waals surface area contributed by atoms with Crippen molar-refractivity contribution in [2.75, 3.05) is 32.7 Å². The molecule has 2 aromatic rings. The van der Waals surface area contributed by atoms with Gasteiger partial charge in [0.2, 0.25) is 0 Å². The Hall–Kier alpha value is -3.06. The molecule has 0 aliphatic heterocycles. The number of benzene rings is 2. The number of ether oxygens (including phenoxy) is 3. The molecule has 0 aliphatic carbocycles. The number of hydrogen-bond acceptors (Lipinski definition) is 5. The molecule has 0 aliphatic rings. The lowest BCUT2D eigenvalue weighted by molar-refractivity contribution is -0.122. The van der Waals surface area contributed by atoms with Crippen LogP contribution in [-0.2, 0) is 9.53 Å². The molecule has 0 saturated carbocycles. The Morgan fingerprint density at radius 1 is 1.04 bits per heavy atom. The van der Waals surface area contributed by atoms with E-state index >= 15 is 0 Å². The van der Waals surface area contributed by atoms with Crippen molar-refractivity contribution in [3.8, 4) is 11.5 Å². The van der Waals surface area contributed by atoms with Gasteiger partial charge in [-0.3, -0.25) is 9.59 Å². The number of nitrogens with one attached hydrogen (secondary N) is 2. The highest BCUT2D eigenvalue weighted by Gasteiger charge is 2.18. The molecule has 0 spiro atoms. The van der Waals surface area contributed by atoms with Crippen molar-refractivity contribution in [2.24, 2.45) is 0 Å². The number of anilines is 1. The van der Waals surface area contributed by atoms with E-state index in [1.807, 2.05) is 0 Å². The highest BCUT2D eigenvalue weighted by molar-refractivity contribution is 6.04. The molecule has 7 heteroatoms. The molecule has 2 aromatic carbocycles. The van der Waals surface area contributed by atoms with E-state index in [9.17, 15) is 9.59 Å². The molecule has 0 heterocycles. The van der Waals surface area contributed by atoms with Crippen LogP contribution in [0.5, 0.6) is 11.5 Å². The van der Waals surface area contributed by atoms with E-state index in [0.29, 0.717) is 35.9 Å². The fourth-order valence-electron chi connectivity index (χ4n) is 2.32. The molecular weight excluding hydrogens is 348 g/mol. The first-order chi connectivity index (χ1) is 13.0. The number of methoxy groups -OCH3 is 2. The first-order valence-corrected chi connectivity index (χ1v) is 8.53. The third-order valence-corrected chi connectivity index (χ3v) is 3.74. The van der Waals surface area contributed by atoms with Gasteiger partial charge in [-0.25, -0.2) is 0 Å².